The Labute approximate surface area is 253 Å². The number of rotatable bonds is 6. The van der Waals surface area contributed by atoms with Crippen LogP contribution in [0, 0.1) is 18.7 Å². The zero-order chi connectivity index (χ0) is 30.4. The number of nitrogens with one attached hydrogen (secondary N) is 2. The highest BCUT2D eigenvalue weighted by atomic mass is 32.1. The van der Waals surface area contributed by atoms with Gasteiger partial charge in [-0.3, -0.25) is 14.5 Å². The Balaban J connectivity index is 1.34. The Morgan fingerprint density at radius 1 is 1.16 bits per heavy atom. The van der Waals surface area contributed by atoms with Crippen LogP contribution in [-0.4, -0.2) is 69.4 Å². The van der Waals surface area contributed by atoms with E-state index in [1.807, 2.05) is 24.3 Å². The summed E-state index contributed by atoms with van der Waals surface area (Å²) in [5, 5.41) is 21.5. The first kappa shape index (κ1) is 29.0. The van der Waals surface area contributed by atoms with Crippen LogP contribution in [0.4, 0.5) is 15.8 Å². The van der Waals surface area contributed by atoms with Gasteiger partial charge in [0.1, 0.15) is 18.2 Å². The lowest BCUT2D eigenvalue weighted by atomic mass is 9.87. The van der Waals surface area contributed by atoms with Crippen LogP contribution in [0.15, 0.2) is 65.1 Å². The molecule has 3 unspecified atom stereocenters. The molecular weight excluding hydrogens is 567 g/mol. The highest BCUT2D eigenvalue weighted by molar-refractivity contribution is 7.20. The summed E-state index contributed by atoms with van der Waals surface area (Å²) >= 11 is 1.34. The summed E-state index contributed by atoms with van der Waals surface area (Å²) in [6.07, 6.45) is 2.19. The fourth-order valence-corrected chi connectivity index (χ4v) is 6.99. The van der Waals surface area contributed by atoms with Crippen molar-refractivity contribution >= 4 is 38.7 Å². The van der Waals surface area contributed by atoms with E-state index in [9.17, 15) is 14.7 Å². The number of hydrogen-bond donors (Lipinski definition) is 3. The Kier molecular flexibility index (Phi) is 7.80. The van der Waals surface area contributed by atoms with Crippen molar-refractivity contribution in [3.05, 3.63) is 86.9 Å². The number of benzene rings is 2. The number of amides is 1. The molecule has 4 aromatic rings. The van der Waals surface area contributed by atoms with Crippen molar-refractivity contribution < 1.29 is 14.3 Å². The maximum Gasteiger partial charge on any atom is 0.292 e. The SMILES string of the molecule is Cc1c(-c2cc(NC3C=C4CN(C)CCN4C(C)C3C)c(=O)n(CO)n2)ccc(F)c1NC(=O)c1cc2ccccc2s1. The van der Waals surface area contributed by atoms with E-state index >= 15 is 4.39 Å². The smallest absolute Gasteiger partial charge is 0.292 e. The van der Waals surface area contributed by atoms with Crippen LogP contribution in [0.2, 0.25) is 0 Å². The molecule has 224 valence electrons. The van der Waals surface area contributed by atoms with Crippen LogP contribution in [0.1, 0.15) is 29.1 Å². The molecule has 11 heteroatoms. The quantitative estimate of drug-likeness (QED) is 0.294. The predicted octanol–water partition coefficient (Wildman–Crippen LogP) is 4.72. The zero-order valence-corrected chi connectivity index (χ0v) is 25.4. The van der Waals surface area contributed by atoms with Crippen molar-refractivity contribution in [3.8, 4) is 11.3 Å². The third-order valence-electron chi connectivity index (χ3n) is 8.72. The summed E-state index contributed by atoms with van der Waals surface area (Å²) in [5.41, 5.74) is 2.46. The summed E-state index contributed by atoms with van der Waals surface area (Å²) < 4.78 is 17.1. The van der Waals surface area contributed by atoms with Crippen LogP contribution in [0.3, 0.4) is 0 Å². The Morgan fingerprint density at radius 3 is 2.72 bits per heavy atom. The highest BCUT2D eigenvalue weighted by Crippen LogP contribution is 2.34. The first-order valence-corrected chi connectivity index (χ1v) is 15.2. The normalized spacial score (nSPS) is 20.6. The molecule has 2 aliphatic rings. The summed E-state index contributed by atoms with van der Waals surface area (Å²) in [6, 6.07) is 14.1. The molecular formula is C32H35FN6O3S. The number of aromatic nitrogens is 2. The molecule has 2 aromatic heterocycles. The van der Waals surface area contributed by atoms with Gasteiger partial charge in [-0.1, -0.05) is 25.1 Å². The minimum absolute atomic E-state index is 0.0407. The Bertz CT molecular complexity index is 1770. The van der Waals surface area contributed by atoms with Gasteiger partial charge in [0.2, 0.25) is 0 Å². The van der Waals surface area contributed by atoms with Gasteiger partial charge in [0.25, 0.3) is 11.5 Å². The third kappa shape index (κ3) is 5.44. The number of thiophene rings is 1. The topological polar surface area (TPSA) is 103 Å². The van der Waals surface area contributed by atoms with Gasteiger partial charge in [-0.15, -0.1) is 11.3 Å². The van der Waals surface area contributed by atoms with Gasteiger partial charge in [-0.05, 0) is 74.2 Å². The van der Waals surface area contributed by atoms with Crippen molar-refractivity contribution in [2.45, 2.75) is 39.6 Å². The first-order valence-electron chi connectivity index (χ1n) is 14.4. The maximum absolute atomic E-state index is 15.1. The standard InChI is InChI=1S/C32H35FN6O3S/c1-18-20(3)38-12-11-37(4)16-22(38)14-25(18)34-27-15-26(36-39(17-40)32(27)42)23-9-10-24(33)30(19(23)2)35-31(41)29-13-21-7-5-6-8-28(21)43-29/h5-10,13-15,18,20,25,34,40H,11-12,16-17H2,1-4H3,(H,35,41). The van der Waals surface area contributed by atoms with Gasteiger partial charge in [-0.2, -0.15) is 5.10 Å². The number of likely N-dealkylation sites (N-methyl/N-ethyl adjacent to an activating group) is 1. The summed E-state index contributed by atoms with van der Waals surface area (Å²) in [4.78, 5) is 31.6. The summed E-state index contributed by atoms with van der Waals surface area (Å²) in [7, 11) is 2.10. The molecule has 3 atom stereocenters. The van der Waals surface area contributed by atoms with Gasteiger partial charge >= 0.3 is 0 Å². The highest BCUT2D eigenvalue weighted by Gasteiger charge is 2.35. The van der Waals surface area contributed by atoms with Crippen LogP contribution >= 0.6 is 11.3 Å². The van der Waals surface area contributed by atoms with Crippen molar-refractivity contribution in [1.29, 1.82) is 0 Å². The molecule has 0 spiro atoms. The molecule has 2 aromatic carbocycles. The molecule has 4 heterocycles. The molecule has 1 amide bonds. The summed E-state index contributed by atoms with van der Waals surface area (Å²) in [6.45, 7) is 8.25. The average molecular weight is 603 g/mol. The van der Waals surface area contributed by atoms with Crippen molar-refractivity contribution in [3.63, 3.8) is 0 Å². The number of piperazine rings is 1. The molecule has 9 nitrogen and oxygen atoms in total. The lowest BCUT2D eigenvalue weighted by Gasteiger charge is -2.48. The van der Waals surface area contributed by atoms with E-state index in [1.54, 1.807) is 25.1 Å². The second kappa shape index (κ2) is 11.6. The third-order valence-corrected chi connectivity index (χ3v) is 9.84. The largest absolute Gasteiger partial charge is 0.374 e. The number of aliphatic hydroxyl groups excluding tert-OH is 1. The van der Waals surface area contributed by atoms with E-state index in [1.165, 1.54) is 23.1 Å². The van der Waals surface area contributed by atoms with Crippen LogP contribution in [0.25, 0.3) is 21.3 Å². The molecule has 1 fully saturated rings. The van der Waals surface area contributed by atoms with E-state index in [0.717, 1.165) is 34.4 Å². The van der Waals surface area contributed by atoms with Crippen molar-refractivity contribution in [2.75, 3.05) is 37.3 Å². The lowest BCUT2D eigenvalue weighted by molar-refractivity contribution is 0.103. The number of anilines is 2. The van der Waals surface area contributed by atoms with Gasteiger partial charge in [0, 0.05) is 41.6 Å². The molecule has 0 saturated carbocycles. The van der Waals surface area contributed by atoms with Gasteiger partial charge in [-0.25, -0.2) is 9.07 Å². The summed E-state index contributed by atoms with van der Waals surface area (Å²) in [5.74, 6) is -0.788. The van der Waals surface area contributed by atoms with Gasteiger partial charge in [0.05, 0.1) is 22.3 Å². The van der Waals surface area contributed by atoms with Gasteiger partial charge < -0.3 is 20.6 Å². The lowest BCUT2D eigenvalue weighted by Crippen LogP contribution is -2.54. The maximum atomic E-state index is 15.1. The molecule has 2 aliphatic heterocycles. The second-order valence-corrected chi connectivity index (χ2v) is 12.5. The minimum Gasteiger partial charge on any atom is -0.374 e. The van der Waals surface area contributed by atoms with E-state index in [0.29, 0.717) is 21.7 Å². The van der Waals surface area contributed by atoms with Crippen LogP contribution in [-0.2, 0) is 6.73 Å². The second-order valence-electron chi connectivity index (χ2n) is 11.4. The number of nitrogens with zero attached hydrogens (tertiary/aromatic N) is 4. The molecule has 0 bridgehead atoms. The molecule has 3 N–H and O–H groups in total. The minimum atomic E-state index is -0.618. The molecule has 6 rings (SSSR count). The number of aliphatic hydroxyl groups is 1. The van der Waals surface area contributed by atoms with Gasteiger partial charge in [0.15, 0.2) is 0 Å². The van der Waals surface area contributed by atoms with Crippen LogP contribution < -0.4 is 16.2 Å². The first-order chi connectivity index (χ1) is 20.6. The molecule has 1 saturated heterocycles. The van der Waals surface area contributed by atoms with Crippen molar-refractivity contribution in [2.24, 2.45) is 5.92 Å². The number of carbonyl (C=O) groups is 1. The molecule has 0 radical (unpaired) electrons. The fraction of sp³-hybridized carbons (Fsp3) is 0.344. The Hall–Kier alpha value is -4.06. The average Bonchev–Trinajstić information content (AvgIpc) is 3.43. The van der Waals surface area contributed by atoms with Crippen molar-refractivity contribution in [1.82, 2.24) is 19.6 Å². The van der Waals surface area contributed by atoms with E-state index in [-0.39, 0.29) is 29.4 Å². The monoisotopic (exact) mass is 602 g/mol. The Morgan fingerprint density at radius 2 is 1.95 bits per heavy atom. The molecule has 43 heavy (non-hydrogen) atoms. The zero-order valence-electron chi connectivity index (χ0n) is 24.6. The van der Waals surface area contributed by atoms with E-state index in [4.69, 9.17) is 0 Å². The number of hydrogen-bond acceptors (Lipinski definition) is 8. The van der Waals surface area contributed by atoms with E-state index in [2.05, 4.69) is 52.5 Å². The van der Waals surface area contributed by atoms with Crippen LogP contribution in [0.5, 0.6) is 0 Å². The van der Waals surface area contributed by atoms with E-state index < -0.39 is 24.0 Å². The fourth-order valence-electron chi connectivity index (χ4n) is 6.03. The number of fused-ring (bicyclic) bond motifs is 2. The predicted molar refractivity (Wildman–Crippen MR) is 169 cm³/mol. The number of carbonyl (C=O) groups excluding carboxylic acids is 1. The molecule has 0 aliphatic carbocycles. The number of halogens is 1.